The van der Waals surface area contributed by atoms with Gasteiger partial charge in [-0.05, 0) is 41.5 Å². The Labute approximate surface area is 183 Å². The molecule has 1 aliphatic heterocycles. The van der Waals surface area contributed by atoms with Gasteiger partial charge in [-0.2, -0.15) is 5.10 Å². The first kappa shape index (κ1) is 19.5. The fraction of sp³-hybridized carbons (Fsp3) is 0.125. The van der Waals surface area contributed by atoms with E-state index < -0.39 is 5.54 Å². The Balaban J connectivity index is 1.50. The van der Waals surface area contributed by atoms with E-state index in [1.54, 1.807) is 23.1 Å². The first-order chi connectivity index (χ1) is 15.1. The van der Waals surface area contributed by atoms with Crippen LogP contribution in [-0.2, 0) is 16.8 Å². The van der Waals surface area contributed by atoms with Crippen molar-refractivity contribution in [3.63, 3.8) is 0 Å². The Morgan fingerprint density at radius 2 is 1.71 bits per heavy atom. The zero-order chi connectivity index (χ0) is 21.3. The van der Waals surface area contributed by atoms with Gasteiger partial charge in [-0.15, -0.1) is 0 Å². The van der Waals surface area contributed by atoms with Crippen molar-refractivity contribution < 1.29 is 9.13 Å². The van der Waals surface area contributed by atoms with E-state index in [1.807, 2.05) is 54.6 Å². The summed E-state index contributed by atoms with van der Waals surface area (Å²) in [4.78, 5) is 9.01. The van der Waals surface area contributed by atoms with Crippen LogP contribution < -0.4 is 0 Å². The normalized spacial score (nSPS) is 17.9. The Kier molecular flexibility index (Phi) is 5.00. The van der Waals surface area contributed by atoms with Gasteiger partial charge in [0.2, 0.25) is 5.90 Å². The summed E-state index contributed by atoms with van der Waals surface area (Å²) in [6, 6.07) is 21.9. The number of nitrogens with zero attached hydrogens (tertiary/aromatic N) is 4. The second-order valence-corrected chi connectivity index (χ2v) is 7.83. The lowest BCUT2D eigenvalue weighted by Gasteiger charge is -2.24. The molecule has 0 saturated carbocycles. The quantitative estimate of drug-likeness (QED) is 0.440. The van der Waals surface area contributed by atoms with E-state index in [1.165, 1.54) is 12.4 Å². The molecular weight excluding hydrogens is 415 g/mol. The van der Waals surface area contributed by atoms with E-state index >= 15 is 0 Å². The van der Waals surface area contributed by atoms with Crippen LogP contribution >= 0.6 is 11.6 Å². The summed E-state index contributed by atoms with van der Waals surface area (Å²) in [5.74, 6) is 0.287. The minimum Gasteiger partial charge on any atom is -0.474 e. The van der Waals surface area contributed by atoms with Crippen molar-refractivity contribution in [3.05, 3.63) is 107 Å². The van der Waals surface area contributed by atoms with Gasteiger partial charge in [0, 0.05) is 16.1 Å². The summed E-state index contributed by atoms with van der Waals surface area (Å²) in [5.41, 5.74) is 2.51. The second-order valence-electron chi connectivity index (χ2n) is 7.39. The van der Waals surface area contributed by atoms with Crippen LogP contribution in [-0.4, -0.2) is 27.3 Å². The maximum Gasteiger partial charge on any atom is 0.217 e. The molecular formula is C24H18ClFN4O. The molecule has 5 rings (SSSR count). The monoisotopic (exact) mass is 432 g/mol. The molecule has 1 aliphatic rings. The minimum atomic E-state index is -0.655. The van der Waals surface area contributed by atoms with Crippen LogP contribution in [0.3, 0.4) is 0 Å². The van der Waals surface area contributed by atoms with Crippen molar-refractivity contribution in [2.75, 3.05) is 6.61 Å². The van der Waals surface area contributed by atoms with E-state index in [2.05, 4.69) is 10.1 Å². The number of ether oxygens (including phenoxy) is 1. The predicted molar refractivity (Wildman–Crippen MR) is 117 cm³/mol. The molecule has 1 aromatic heterocycles. The fourth-order valence-corrected chi connectivity index (χ4v) is 3.87. The van der Waals surface area contributed by atoms with E-state index in [4.69, 9.17) is 21.3 Å². The number of rotatable bonds is 5. The minimum absolute atomic E-state index is 0.251. The number of aromatic nitrogens is 3. The van der Waals surface area contributed by atoms with E-state index in [0.29, 0.717) is 29.6 Å². The standard InChI is InChI=1S/C24H18ClFN4O/c25-20-11-9-19(10-12-20)24(13-30-16-27-15-28-30)14-31-23(29-24)18-7-5-17(6-8-18)21-3-1-2-4-22(21)26/h1-12,15-16H,13-14H2. The van der Waals surface area contributed by atoms with Crippen LogP contribution in [0, 0.1) is 5.82 Å². The summed E-state index contributed by atoms with van der Waals surface area (Å²) < 4.78 is 21.9. The van der Waals surface area contributed by atoms with E-state index in [-0.39, 0.29) is 5.82 Å². The Bertz CT molecular complexity index is 1220. The fourth-order valence-electron chi connectivity index (χ4n) is 3.74. The highest BCUT2D eigenvalue weighted by Crippen LogP contribution is 2.35. The lowest BCUT2D eigenvalue weighted by Crippen LogP contribution is -2.31. The molecule has 0 saturated heterocycles. The van der Waals surface area contributed by atoms with Crippen LogP contribution in [0.15, 0.2) is 90.4 Å². The SMILES string of the molecule is Fc1ccccc1-c1ccc(C2=NC(Cn3cncn3)(c3ccc(Cl)cc3)CO2)cc1. The molecule has 154 valence electrons. The van der Waals surface area contributed by atoms with E-state index in [9.17, 15) is 4.39 Å². The Morgan fingerprint density at radius 1 is 0.968 bits per heavy atom. The van der Waals surface area contributed by atoms with Crippen LogP contribution in [0.25, 0.3) is 11.1 Å². The molecule has 0 fully saturated rings. The topological polar surface area (TPSA) is 52.3 Å². The van der Waals surface area contributed by atoms with Crippen molar-refractivity contribution in [2.45, 2.75) is 12.1 Å². The zero-order valence-electron chi connectivity index (χ0n) is 16.5. The highest BCUT2D eigenvalue weighted by atomic mass is 35.5. The molecule has 0 spiro atoms. The molecule has 1 atom stereocenters. The van der Waals surface area contributed by atoms with Gasteiger partial charge in [0.05, 0.1) is 6.54 Å². The molecule has 0 aliphatic carbocycles. The molecule has 4 aromatic rings. The average Bonchev–Trinajstić information content (AvgIpc) is 3.46. The lowest BCUT2D eigenvalue weighted by atomic mass is 9.91. The summed E-state index contributed by atoms with van der Waals surface area (Å²) >= 11 is 6.09. The Hall–Kier alpha value is -3.51. The van der Waals surface area contributed by atoms with Gasteiger partial charge in [-0.25, -0.2) is 14.4 Å². The number of benzene rings is 3. The molecule has 7 heteroatoms. The van der Waals surface area contributed by atoms with Crippen molar-refractivity contribution in [3.8, 4) is 11.1 Å². The number of halogens is 2. The molecule has 3 aromatic carbocycles. The summed E-state index contributed by atoms with van der Waals surface area (Å²) in [6.07, 6.45) is 3.16. The van der Waals surface area contributed by atoms with Gasteiger partial charge < -0.3 is 4.74 Å². The van der Waals surface area contributed by atoms with Gasteiger partial charge >= 0.3 is 0 Å². The molecule has 0 radical (unpaired) electrons. The molecule has 31 heavy (non-hydrogen) atoms. The Morgan fingerprint density at radius 3 is 2.42 bits per heavy atom. The van der Waals surface area contributed by atoms with Crippen molar-refractivity contribution in [1.29, 1.82) is 0 Å². The third-order valence-electron chi connectivity index (χ3n) is 5.35. The summed E-state index contributed by atoms with van der Waals surface area (Å²) in [6.45, 7) is 0.838. The van der Waals surface area contributed by atoms with Gasteiger partial charge in [0.25, 0.3) is 0 Å². The van der Waals surface area contributed by atoms with Gasteiger partial charge in [0.15, 0.2) is 0 Å². The third kappa shape index (κ3) is 3.82. The molecule has 2 heterocycles. The van der Waals surface area contributed by atoms with Crippen molar-refractivity contribution in [1.82, 2.24) is 14.8 Å². The van der Waals surface area contributed by atoms with Crippen molar-refractivity contribution >= 4 is 17.5 Å². The smallest absolute Gasteiger partial charge is 0.217 e. The summed E-state index contributed by atoms with van der Waals surface area (Å²) in [5, 5.41) is 4.90. The highest BCUT2D eigenvalue weighted by Gasteiger charge is 2.39. The van der Waals surface area contributed by atoms with Crippen molar-refractivity contribution in [2.24, 2.45) is 4.99 Å². The molecule has 5 nitrogen and oxygen atoms in total. The summed E-state index contributed by atoms with van der Waals surface area (Å²) in [7, 11) is 0. The van der Waals surface area contributed by atoms with Crippen LogP contribution in [0.1, 0.15) is 11.1 Å². The highest BCUT2D eigenvalue weighted by molar-refractivity contribution is 6.30. The number of hydrogen-bond donors (Lipinski definition) is 0. The molecule has 0 N–H and O–H groups in total. The second kappa shape index (κ2) is 7.96. The van der Waals surface area contributed by atoms with Crippen LogP contribution in [0.5, 0.6) is 0 Å². The third-order valence-corrected chi connectivity index (χ3v) is 5.60. The van der Waals surface area contributed by atoms with Crippen LogP contribution in [0.4, 0.5) is 4.39 Å². The number of hydrogen-bond acceptors (Lipinski definition) is 4. The number of aliphatic imine (C=N–C) groups is 1. The zero-order valence-corrected chi connectivity index (χ0v) is 17.2. The van der Waals surface area contributed by atoms with Crippen LogP contribution in [0.2, 0.25) is 5.02 Å². The lowest BCUT2D eigenvalue weighted by molar-refractivity contribution is 0.230. The first-order valence-electron chi connectivity index (χ1n) is 9.79. The molecule has 1 unspecified atom stereocenters. The predicted octanol–water partition coefficient (Wildman–Crippen LogP) is 5.11. The maximum absolute atomic E-state index is 14.1. The average molecular weight is 433 g/mol. The maximum atomic E-state index is 14.1. The largest absolute Gasteiger partial charge is 0.474 e. The van der Waals surface area contributed by atoms with Gasteiger partial charge in [-0.3, -0.25) is 4.68 Å². The van der Waals surface area contributed by atoms with Gasteiger partial charge in [-0.1, -0.05) is 54.1 Å². The van der Waals surface area contributed by atoms with E-state index in [0.717, 1.165) is 16.7 Å². The van der Waals surface area contributed by atoms with Gasteiger partial charge in [0.1, 0.15) is 30.6 Å². The molecule has 0 amide bonds. The molecule has 0 bridgehead atoms. The first-order valence-corrected chi connectivity index (χ1v) is 10.2.